The Morgan fingerprint density at radius 2 is 1.40 bits per heavy atom. The Kier molecular flexibility index (Phi) is 1.07. The van der Waals surface area contributed by atoms with Gasteiger partial charge in [-0.25, -0.2) is 0 Å². The van der Waals surface area contributed by atoms with E-state index in [9.17, 15) is 0 Å². The zero-order valence-electron chi connectivity index (χ0n) is 7.52. The molecule has 2 aliphatic carbocycles. The smallest absolute Gasteiger partial charge is 0.0210 e. The summed E-state index contributed by atoms with van der Waals surface area (Å²) in [6, 6.07) is 0. The van der Waals surface area contributed by atoms with Gasteiger partial charge in [-0.3, -0.25) is 0 Å². The summed E-state index contributed by atoms with van der Waals surface area (Å²) in [5.41, 5.74) is 0.819. The van der Waals surface area contributed by atoms with E-state index in [1.54, 1.807) is 0 Å². The van der Waals surface area contributed by atoms with Gasteiger partial charge in [0.1, 0.15) is 0 Å². The molecule has 4 atom stereocenters. The van der Waals surface area contributed by atoms with Crippen molar-refractivity contribution in [2.45, 2.75) is 34.1 Å². The quantitative estimate of drug-likeness (QED) is 0.483. The molecule has 0 aromatic carbocycles. The van der Waals surface area contributed by atoms with Crippen LogP contribution in [-0.4, -0.2) is 0 Å². The molecular weight excluding hydrogens is 120 g/mol. The standard InChI is InChI=1S/C10H18/c1-6-5-10(7(6)2)8(3)9(10)4/h6-9H,5H2,1-4H3. The highest BCUT2D eigenvalue weighted by molar-refractivity contribution is 5.16. The molecule has 0 aliphatic heterocycles. The van der Waals surface area contributed by atoms with E-state index >= 15 is 0 Å². The molecule has 0 bridgehead atoms. The minimum atomic E-state index is 0.819. The monoisotopic (exact) mass is 138 g/mol. The molecule has 2 fully saturated rings. The lowest BCUT2D eigenvalue weighted by Gasteiger charge is -2.43. The van der Waals surface area contributed by atoms with Gasteiger partial charge < -0.3 is 0 Å². The van der Waals surface area contributed by atoms with Crippen molar-refractivity contribution in [3.63, 3.8) is 0 Å². The van der Waals surface area contributed by atoms with Gasteiger partial charge in [-0.2, -0.15) is 0 Å². The second-order valence-corrected chi connectivity index (χ2v) is 4.66. The number of rotatable bonds is 0. The third-order valence-corrected chi connectivity index (χ3v) is 4.71. The molecule has 58 valence electrons. The van der Waals surface area contributed by atoms with Crippen molar-refractivity contribution in [1.82, 2.24) is 0 Å². The Balaban J connectivity index is 2.10. The summed E-state index contributed by atoms with van der Waals surface area (Å²) < 4.78 is 0. The van der Waals surface area contributed by atoms with Crippen LogP contribution >= 0.6 is 0 Å². The Morgan fingerprint density at radius 3 is 1.50 bits per heavy atom. The molecule has 4 unspecified atom stereocenters. The van der Waals surface area contributed by atoms with Gasteiger partial charge in [0.25, 0.3) is 0 Å². The van der Waals surface area contributed by atoms with Gasteiger partial charge in [0, 0.05) is 0 Å². The van der Waals surface area contributed by atoms with Gasteiger partial charge >= 0.3 is 0 Å². The lowest BCUT2D eigenvalue weighted by Crippen LogP contribution is -2.36. The highest BCUT2D eigenvalue weighted by Crippen LogP contribution is 2.74. The van der Waals surface area contributed by atoms with Gasteiger partial charge in [0.05, 0.1) is 0 Å². The fraction of sp³-hybridized carbons (Fsp3) is 1.00. The van der Waals surface area contributed by atoms with E-state index in [4.69, 9.17) is 0 Å². The second kappa shape index (κ2) is 1.60. The van der Waals surface area contributed by atoms with Crippen molar-refractivity contribution in [2.75, 3.05) is 0 Å². The molecule has 2 saturated carbocycles. The van der Waals surface area contributed by atoms with Crippen molar-refractivity contribution < 1.29 is 0 Å². The maximum atomic E-state index is 2.44. The number of hydrogen-bond donors (Lipinski definition) is 0. The van der Waals surface area contributed by atoms with Crippen LogP contribution in [-0.2, 0) is 0 Å². The molecule has 2 aliphatic rings. The average molecular weight is 138 g/mol. The van der Waals surface area contributed by atoms with Crippen LogP contribution in [0.2, 0.25) is 0 Å². The summed E-state index contributed by atoms with van der Waals surface area (Å²) >= 11 is 0. The van der Waals surface area contributed by atoms with E-state index < -0.39 is 0 Å². The van der Waals surface area contributed by atoms with Gasteiger partial charge in [0.15, 0.2) is 0 Å². The summed E-state index contributed by atoms with van der Waals surface area (Å²) in [5, 5.41) is 0. The van der Waals surface area contributed by atoms with Gasteiger partial charge in [0.2, 0.25) is 0 Å². The molecule has 10 heavy (non-hydrogen) atoms. The van der Waals surface area contributed by atoms with Crippen molar-refractivity contribution in [3.8, 4) is 0 Å². The maximum absolute atomic E-state index is 2.44. The first kappa shape index (κ1) is 6.69. The predicted octanol–water partition coefficient (Wildman–Crippen LogP) is 2.93. The van der Waals surface area contributed by atoms with Crippen molar-refractivity contribution >= 4 is 0 Å². The van der Waals surface area contributed by atoms with Crippen LogP contribution in [0.15, 0.2) is 0 Å². The largest absolute Gasteiger partial charge is 0.0622 e. The lowest BCUT2D eigenvalue weighted by molar-refractivity contribution is 0.0541. The van der Waals surface area contributed by atoms with E-state index in [-0.39, 0.29) is 0 Å². The Bertz CT molecular complexity index is 151. The Morgan fingerprint density at radius 1 is 0.900 bits per heavy atom. The molecule has 0 N–H and O–H groups in total. The summed E-state index contributed by atoms with van der Waals surface area (Å²) in [5.74, 6) is 4.07. The first-order valence-corrected chi connectivity index (χ1v) is 4.60. The molecule has 0 amide bonds. The molecule has 2 rings (SSSR count). The molecule has 0 nitrogen and oxygen atoms in total. The maximum Gasteiger partial charge on any atom is -0.0210 e. The summed E-state index contributed by atoms with van der Waals surface area (Å²) in [6.07, 6.45) is 1.51. The van der Waals surface area contributed by atoms with E-state index in [1.807, 2.05) is 0 Å². The zero-order valence-corrected chi connectivity index (χ0v) is 7.52. The van der Waals surface area contributed by atoms with Crippen LogP contribution in [0, 0.1) is 29.1 Å². The molecule has 0 saturated heterocycles. The van der Waals surface area contributed by atoms with Crippen molar-refractivity contribution in [2.24, 2.45) is 29.1 Å². The topological polar surface area (TPSA) is 0 Å². The van der Waals surface area contributed by atoms with Crippen LogP contribution in [0.1, 0.15) is 34.1 Å². The highest BCUT2D eigenvalue weighted by Gasteiger charge is 2.68. The van der Waals surface area contributed by atoms with Crippen LogP contribution in [0.5, 0.6) is 0 Å². The zero-order chi connectivity index (χ0) is 7.52. The highest BCUT2D eigenvalue weighted by atomic mass is 14.7. The second-order valence-electron chi connectivity index (χ2n) is 4.66. The van der Waals surface area contributed by atoms with Gasteiger partial charge in [-0.15, -0.1) is 0 Å². The molecule has 1 spiro atoms. The van der Waals surface area contributed by atoms with Crippen LogP contribution in [0.25, 0.3) is 0 Å². The molecular formula is C10H18. The third kappa shape index (κ3) is 0.466. The van der Waals surface area contributed by atoms with Gasteiger partial charge in [-0.1, -0.05) is 27.7 Å². The van der Waals surface area contributed by atoms with Crippen LogP contribution in [0.4, 0.5) is 0 Å². The minimum absolute atomic E-state index is 0.819. The van der Waals surface area contributed by atoms with E-state index in [0.717, 1.165) is 29.1 Å². The Hall–Kier alpha value is 0. The number of hydrogen-bond acceptors (Lipinski definition) is 0. The molecule has 0 aromatic heterocycles. The van der Waals surface area contributed by atoms with Crippen LogP contribution < -0.4 is 0 Å². The summed E-state index contributed by atoms with van der Waals surface area (Å²) in [6.45, 7) is 9.68. The SMILES string of the molecule is CC1CC2(C1C)C(C)C2C. The lowest BCUT2D eigenvalue weighted by atomic mass is 9.62. The van der Waals surface area contributed by atoms with Crippen LogP contribution in [0.3, 0.4) is 0 Å². The van der Waals surface area contributed by atoms with E-state index in [1.165, 1.54) is 6.42 Å². The molecule has 0 heteroatoms. The fourth-order valence-corrected chi connectivity index (χ4v) is 3.39. The third-order valence-electron chi connectivity index (χ3n) is 4.71. The Labute approximate surface area is 64.0 Å². The first-order valence-electron chi connectivity index (χ1n) is 4.60. The normalized spacial score (nSPS) is 66.0. The minimum Gasteiger partial charge on any atom is -0.0622 e. The first-order chi connectivity index (χ1) is 4.60. The predicted molar refractivity (Wildman–Crippen MR) is 43.7 cm³/mol. The molecule has 0 aromatic rings. The van der Waals surface area contributed by atoms with E-state index in [0.29, 0.717) is 0 Å². The summed E-state index contributed by atoms with van der Waals surface area (Å²) in [7, 11) is 0. The van der Waals surface area contributed by atoms with E-state index in [2.05, 4.69) is 27.7 Å². The van der Waals surface area contributed by atoms with Crippen molar-refractivity contribution in [1.29, 1.82) is 0 Å². The fourth-order valence-electron chi connectivity index (χ4n) is 3.39. The average Bonchev–Trinajstić information content (AvgIpc) is 2.43. The molecule has 0 heterocycles. The summed E-state index contributed by atoms with van der Waals surface area (Å²) in [4.78, 5) is 0. The molecule has 0 radical (unpaired) electrons. The van der Waals surface area contributed by atoms with Gasteiger partial charge in [-0.05, 0) is 35.5 Å². The van der Waals surface area contributed by atoms with Crippen molar-refractivity contribution in [3.05, 3.63) is 0 Å².